The van der Waals surface area contributed by atoms with Crippen molar-refractivity contribution in [3.63, 3.8) is 0 Å². The fourth-order valence-electron chi connectivity index (χ4n) is 2.68. The van der Waals surface area contributed by atoms with E-state index in [-0.39, 0.29) is 15.5 Å². The van der Waals surface area contributed by atoms with Gasteiger partial charge in [-0.1, -0.05) is 30.3 Å². The maximum atomic E-state index is 12.7. The number of anilines is 1. The van der Waals surface area contributed by atoms with Crippen LogP contribution in [0.2, 0.25) is 0 Å². The van der Waals surface area contributed by atoms with Crippen LogP contribution in [0.5, 0.6) is 5.75 Å². The molecule has 0 aliphatic heterocycles. The zero-order valence-electron chi connectivity index (χ0n) is 15.3. The Morgan fingerprint density at radius 3 is 2.32 bits per heavy atom. The van der Waals surface area contributed by atoms with Crippen molar-refractivity contribution in [1.29, 1.82) is 0 Å². The molecule has 0 aliphatic rings. The minimum absolute atomic E-state index is 0.0714. The van der Waals surface area contributed by atoms with Gasteiger partial charge < -0.3 is 9.47 Å². The van der Waals surface area contributed by atoms with Crippen LogP contribution in [0, 0.1) is 0 Å². The normalized spacial score (nSPS) is 11.1. The predicted molar refractivity (Wildman–Crippen MR) is 109 cm³/mol. The Labute approximate surface area is 167 Å². The van der Waals surface area contributed by atoms with Gasteiger partial charge in [-0.3, -0.25) is 4.72 Å². The number of esters is 1. The second kappa shape index (κ2) is 8.45. The van der Waals surface area contributed by atoms with Crippen LogP contribution >= 0.6 is 11.3 Å². The molecular formula is C20H19NO5S2. The first-order valence-corrected chi connectivity index (χ1v) is 10.7. The number of carbonyl (C=O) groups is 1. The molecule has 0 saturated heterocycles. The number of nitrogens with one attached hydrogen (secondary N) is 1. The highest BCUT2D eigenvalue weighted by Crippen LogP contribution is 2.32. The van der Waals surface area contributed by atoms with Gasteiger partial charge in [-0.2, -0.15) is 0 Å². The van der Waals surface area contributed by atoms with Gasteiger partial charge in [-0.25, -0.2) is 13.2 Å². The molecule has 2 aromatic carbocycles. The zero-order chi connectivity index (χ0) is 20.1. The lowest BCUT2D eigenvalue weighted by atomic mass is 10.0. The Balaban J connectivity index is 1.93. The second-order valence-electron chi connectivity index (χ2n) is 5.90. The van der Waals surface area contributed by atoms with Gasteiger partial charge in [0.1, 0.15) is 10.8 Å². The first-order valence-electron chi connectivity index (χ1n) is 8.34. The summed E-state index contributed by atoms with van der Waals surface area (Å²) < 4.78 is 37.9. The number of thiophene rings is 1. The number of hydrogen-bond acceptors (Lipinski definition) is 6. The van der Waals surface area contributed by atoms with Gasteiger partial charge in [0.2, 0.25) is 0 Å². The van der Waals surface area contributed by atoms with Crippen molar-refractivity contribution >= 4 is 32.3 Å². The van der Waals surface area contributed by atoms with Crippen molar-refractivity contribution in [2.24, 2.45) is 0 Å². The van der Waals surface area contributed by atoms with Crippen molar-refractivity contribution in [2.75, 3.05) is 18.9 Å². The summed E-state index contributed by atoms with van der Waals surface area (Å²) in [6.45, 7) is 0. The molecule has 0 saturated carbocycles. The van der Waals surface area contributed by atoms with E-state index in [9.17, 15) is 13.2 Å². The molecule has 0 radical (unpaired) electrons. The van der Waals surface area contributed by atoms with Gasteiger partial charge in [-0.15, -0.1) is 11.3 Å². The molecule has 0 atom stereocenters. The molecule has 28 heavy (non-hydrogen) atoms. The summed E-state index contributed by atoms with van der Waals surface area (Å²) in [5.41, 5.74) is 1.94. The fraction of sp³-hybridized carbons (Fsp3) is 0.150. The van der Waals surface area contributed by atoms with E-state index < -0.39 is 16.0 Å². The molecule has 0 bridgehead atoms. The van der Waals surface area contributed by atoms with Gasteiger partial charge in [0, 0.05) is 0 Å². The summed E-state index contributed by atoms with van der Waals surface area (Å²) >= 11 is 1.15. The zero-order valence-corrected chi connectivity index (χ0v) is 17.0. The lowest BCUT2D eigenvalue weighted by Crippen LogP contribution is -2.15. The van der Waals surface area contributed by atoms with E-state index in [1.807, 2.05) is 30.3 Å². The SMILES string of the molecule is COC(=O)c1c(Cc2ccccc2)csc1NS(=O)(=O)c1ccc(OC)cc1. The average Bonchev–Trinajstić information content (AvgIpc) is 3.09. The lowest BCUT2D eigenvalue weighted by molar-refractivity contribution is 0.0601. The summed E-state index contributed by atoms with van der Waals surface area (Å²) in [7, 11) is -1.09. The Bertz CT molecular complexity index is 1060. The molecule has 1 aromatic heterocycles. The van der Waals surface area contributed by atoms with Gasteiger partial charge in [-0.05, 0) is 47.2 Å². The number of hydrogen-bond donors (Lipinski definition) is 1. The van der Waals surface area contributed by atoms with E-state index in [4.69, 9.17) is 9.47 Å². The summed E-state index contributed by atoms with van der Waals surface area (Å²) in [5.74, 6) is -0.0323. The third kappa shape index (κ3) is 4.35. The maximum absolute atomic E-state index is 12.7. The van der Waals surface area contributed by atoms with Crippen LogP contribution < -0.4 is 9.46 Å². The quantitative estimate of drug-likeness (QED) is 0.589. The molecule has 0 amide bonds. The van der Waals surface area contributed by atoms with E-state index in [1.54, 1.807) is 17.5 Å². The standard InChI is InChI=1S/C20H19NO5S2/c1-25-16-8-10-17(11-9-16)28(23,24)21-19-18(20(22)26-2)15(13-27-19)12-14-6-4-3-5-7-14/h3-11,13,21H,12H2,1-2H3. The van der Waals surface area contributed by atoms with Crippen molar-refractivity contribution in [3.8, 4) is 5.75 Å². The smallest absolute Gasteiger partial charge is 0.341 e. The third-order valence-corrected chi connectivity index (χ3v) is 6.53. The third-order valence-electron chi connectivity index (χ3n) is 4.09. The second-order valence-corrected chi connectivity index (χ2v) is 8.46. The van der Waals surface area contributed by atoms with E-state index in [1.165, 1.54) is 26.4 Å². The van der Waals surface area contributed by atoms with E-state index >= 15 is 0 Å². The fourth-order valence-corrected chi connectivity index (χ4v) is 4.95. The average molecular weight is 418 g/mol. The first kappa shape index (κ1) is 19.9. The summed E-state index contributed by atoms with van der Waals surface area (Å²) in [6, 6.07) is 15.6. The lowest BCUT2D eigenvalue weighted by Gasteiger charge is -2.10. The molecule has 0 spiro atoms. The summed E-state index contributed by atoms with van der Waals surface area (Å²) in [4.78, 5) is 12.4. The van der Waals surface area contributed by atoms with E-state index in [2.05, 4.69) is 4.72 Å². The Morgan fingerprint density at radius 2 is 1.71 bits per heavy atom. The molecule has 146 valence electrons. The summed E-state index contributed by atoms with van der Waals surface area (Å²) in [5, 5.41) is 2.00. The molecular weight excluding hydrogens is 398 g/mol. The Hall–Kier alpha value is -2.84. The minimum Gasteiger partial charge on any atom is -0.497 e. The highest BCUT2D eigenvalue weighted by atomic mass is 32.2. The molecule has 6 nitrogen and oxygen atoms in total. The van der Waals surface area contributed by atoms with E-state index in [0.29, 0.717) is 17.7 Å². The van der Waals surface area contributed by atoms with Crippen LogP contribution in [0.15, 0.2) is 64.9 Å². The van der Waals surface area contributed by atoms with Gasteiger partial charge in [0.05, 0.1) is 24.7 Å². The predicted octanol–water partition coefficient (Wildman–Crippen LogP) is 3.93. The topological polar surface area (TPSA) is 81.7 Å². The minimum atomic E-state index is -3.86. The molecule has 3 aromatic rings. The van der Waals surface area contributed by atoms with Crippen LogP contribution in [0.4, 0.5) is 5.00 Å². The molecule has 0 aliphatic carbocycles. The molecule has 1 N–H and O–H groups in total. The van der Waals surface area contributed by atoms with Crippen molar-refractivity contribution in [3.05, 3.63) is 76.7 Å². The van der Waals surface area contributed by atoms with Crippen molar-refractivity contribution in [2.45, 2.75) is 11.3 Å². The highest BCUT2D eigenvalue weighted by molar-refractivity contribution is 7.93. The van der Waals surface area contributed by atoms with Crippen LogP contribution in [-0.4, -0.2) is 28.6 Å². The van der Waals surface area contributed by atoms with Gasteiger partial charge in [0.25, 0.3) is 10.0 Å². The number of rotatable bonds is 7. The molecule has 8 heteroatoms. The monoisotopic (exact) mass is 417 g/mol. The first-order chi connectivity index (χ1) is 13.4. The maximum Gasteiger partial charge on any atom is 0.341 e. The number of carbonyl (C=O) groups excluding carboxylic acids is 1. The van der Waals surface area contributed by atoms with Crippen molar-refractivity contribution in [1.82, 2.24) is 0 Å². The molecule has 0 fully saturated rings. The molecule has 0 unspecified atom stereocenters. The largest absolute Gasteiger partial charge is 0.497 e. The number of benzene rings is 2. The van der Waals surface area contributed by atoms with E-state index in [0.717, 1.165) is 16.9 Å². The molecule has 3 rings (SSSR count). The van der Waals surface area contributed by atoms with Gasteiger partial charge >= 0.3 is 5.97 Å². The number of methoxy groups -OCH3 is 2. The van der Waals surface area contributed by atoms with Crippen LogP contribution in [0.3, 0.4) is 0 Å². The molecule has 1 heterocycles. The summed E-state index contributed by atoms with van der Waals surface area (Å²) in [6.07, 6.45) is 0.492. The van der Waals surface area contributed by atoms with Crippen LogP contribution in [0.1, 0.15) is 21.5 Å². The van der Waals surface area contributed by atoms with Crippen LogP contribution in [0.25, 0.3) is 0 Å². The van der Waals surface area contributed by atoms with Crippen molar-refractivity contribution < 1.29 is 22.7 Å². The van der Waals surface area contributed by atoms with Crippen LogP contribution in [-0.2, 0) is 21.2 Å². The Kier molecular flexibility index (Phi) is 6.01. The highest BCUT2D eigenvalue weighted by Gasteiger charge is 2.24. The number of ether oxygens (including phenoxy) is 2. The number of sulfonamides is 1. The Morgan fingerprint density at radius 1 is 1.04 bits per heavy atom. The van der Waals surface area contributed by atoms with Gasteiger partial charge in [0.15, 0.2) is 0 Å².